The summed E-state index contributed by atoms with van der Waals surface area (Å²) in [4.78, 5) is 27.4. The molecule has 124 valence electrons. The van der Waals surface area contributed by atoms with Crippen LogP contribution in [0.3, 0.4) is 0 Å². The lowest BCUT2D eigenvalue weighted by molar-refractivity contribution is -0.144. The van der Waals surface area contributed by atoms with Crippen molar-refractivity contribution in [2.24, 2.45) is 0 Å². The van der Waals surface area contributed by atoms with E-state index in [0.29, 0.717) is 12.2 Å². The minimum absolute atomic E-state index is 0.148. The van der Waals surface area contributed by atoms with Crippen molar-refractivity contribution in [1.29, 1.82) is 0 Å². The standard InChI is InChI=1S/C16H20N2O5/c1-17-11(8-12(19)15(17)20)13-14(23-3)16(21)18(13)9-4-6-10(22-2)7-5-9/h4-7,11-14,19H,8H2,1-3H3/t11-,12?,13+,14-/m1/s1. The summed E-state index contributed by atoms with van der Waals surface area (Å²) in [5.41, 5.74) is 0.719. The van der Waals surface area contributed by atoms with E-state index >= 15 is 0 Å². The van der Waals surface area contributed by atoms with Gasteiger partial charge in [-0.1, -0.05) is 0 Å². The van der Waals surface area contributed by atoms with Gasteiger partial charge in [-0.3, -0.25) is 9.59 Å². The molecule has 2 heterocycles. The van der Waals surface area contributed by atoms with E-state index in [2.05, 4.69) is 0 Å². The average Bonchev–Trinajstić information content (AvgIpc) is 2.80. The van der Waals surface area contributed by atoms with Crippen molar-refractivity contribution >= 4 is 17.5 Å². The van der Waals surface area contributed by atoms with Gasteiger partial charge < -0.3 is 24.4 Å². The highest BCUT2D eigenvalue weighted by Gasteiger charge is 2.56. The van der Waals surface area contributed by atoms with E-state index in [1.165, 1.54) is 12.0 Å². The van der Waals surface area contributed by atoms with E-state index in [1.807, 2.05) is 0 Å². The van der Waals surface area contributed by atoms with Gasteiger partial charge in [0, 0.05) is 26.3 Å². The Morgan fingerprint density at radius 3 is 2.26 bits per heavy atom. The quantitative estimate of drug-likeness (QED) is 0.791. The second-order valence-electron chi connectivity index (χ2n) is 5.82. The first-order valence-electron chi connectivity index (χ1n) is 7.44. The van der Waals surface area contributed by atoms with Gasteiger partial charge in [-0.2, -0.15) is 0 Å². The fourth-order valence-electron chi connectivity index (χ4n) is 3.39. The molecule has 4 atom stereocenters. The third-order valence-electron chi connectivity index (χ3n) is 4.68. The summed E-state index contributed by atoms with van der Waals surface area (Å²) in [6.45, 7) is 0. The molecule has 7 heteroatoms. The van der Waals surface area contributed by atoms with Gasteiger partial charge in [0.2, 0.25) is 0 Å². The zero-order valence-electron chi connectivity index (χ0n) is 13.3. The van der Waals surface area contributed by atoms with Crippen molar-refractivity contribution in [3.05, 3.63) is 24.3 Å². The molecule has 1 aromatic rings. The van der Waals surface area contributed by atoms with E-state index in [1.54, 1.807) is 43.3 Å². The van der Waals surface area contributed by atoms with Crippen LogP contribution >= 0.6 is 0 Å². The Hall–Kier alpha value is -2.12. The Morgan fingerprint density at radius 2 is 1.78 bits per heavy atom. The number of carbonyl (C=O) groups excluding carboxylic acids is 2. The summed E-state index contributed by atoms with van der Waals surface area (Å²) < 4.78 is 10.4. The zero-order chi connectivity index (χ0) is 16.7. The lowest BCUT2D eigenvalue weighted by Crippen LogP contribution is -2.71. The van der Waals surface area contributed by atoms with Crippen LogP contribution in [0.5, 0.6) is 5.75 Å². The van der Waals surface area contributed by atoms with Gasteiger partial charge in [0.05, 0.1) is 19.2 Å². The van der Waals surface area contributed by atoms with Crippen molar-refractivity contribution in [2.45, 2.75) is 30.7 Å². The smallest absolute Gasteiger partial charge is 0.258 e. The molecule has 1 N–H and O–H groups in total. The second-order valence-corrected chi connectivity index (χ2v) is 5.82. The number of likely N-dealkylation sites (N-methyl/N-ethyl adjacent to an activating group) is 1. The molecule has 3 rings (SSSR count). The van der Waals surface area contributed by atoms with E-state index in [4.69, 9.17) is 9.47 Å². The molecule has 0 aromatic heterocycles. The summed E-state index contributed by atoms with van der Waals surface area (Å²) in [6.07, 6.45) is -1.33. The Kier molecular flexibility index (Phi) is 3.99. The molecule has 2 fully saturated rings. The molecule has 0 bridgehead atoms. The number of ether oxygens (including phenoxy) is 2. The van der Waals surface area contributed by atoms with Gasteiger partial charge in [-0.25, -0.2) is 0 Å². The van der Waals surface area contributed by atoms with Crippen LogP contribution < -0.4 is 9.64 Å². The molecule has 1 aromatic carbocycles. The van der Waals surface area contributed by atoms with Crippen molar-refractivity contribution < 1.29 is 24.2 Å². The fourth-order valence-corrected chi connectivity index (χ4v) is 3.39. The average molecular weight is 320 g/mol. The third-order valence-corrected chi connectivity index (χ3v) is 4.68. The molecule has 7 nitrogen and oxygen atoms in total. The van der Waals surface area contributed by atoms with Crippen LogP contribution in [0.25, 0.3) is 0 Å². The normalized spacial score (nSPS) is 30.6. The summed E-state index contributed by atoms with van der Waals surface area (Å²) in [5, 5.41) is 9.81. The number of hydrogen-bond acceptors (Lipinski definition) is 5. The van der Waals surface area contributed by atoms with Crippen molar-refractivity contribution in [1.82, 2.24) is 4.90 Å². The monoisotopic (exact) mass is 320 g/mol. The number of aliphatic hydroxyl groups is 1. The number of anilines is 1. The van der Waals surface area contributed by atoms with Crippen LogP contribution in [-0.2, 0) is 14.3 Å². The number of amides is 2. The maximum Gasteiger partial charge on any atom is 0.258 e. The maximum absolute atomic E-state index is 12.4. The Labute approximate surface area is 134 Å². The molecule has 0 aliphatic carbocycles. The molecule has 0 spiro atoms. The molecular weight excluding hydrogens is 300 g/mol. The second kappa shape index (κ2) is 5.82. The van der Waals surface area contributed by atoms with Gasteiger partial charge in [-0.15, -0.1) is 0 Å². The third kappa shape index (κ3) is 2.36. The number of hydrogen-bond donors (Lipinski definition) is 1. The fraction of sp³-hybridized carbons (Fsp3) is 0.500. The summed E-state index contributed by atoms with van der Waals surface area (Å²) in [5.74, 6) is 0.230. The number of carbonyl (C=O) groups is 2. The molecule has 2 amide bonds. The van der Waals surface area contributed by atoms with Crippen LogP contribution in [0.2, 0.25) is 0 Å². The highest BCUT2D eigenvalue weighted by atomic mass is 16.5. The van der Waals surface area contributed by atoms with E-state index < -0.39 is 12.2 Å². The van der Waals surface area contributed by atoms with Gasteiger partial charge in [0.15, 0.2) is 6.10 Å². The maximum atomic E-state index is 12.4. The van der Waals surface area contributed by atoms with Crippen LogP contribution in [0.1, 0.15) is 6.42 Å². The zero-order valence-corrected chi connectivity index (χ0v) is 13.3. The minimum Gasteiger partial charge on any atom is -0.497 e. The number of benzene rings is 1. The van der Waals surface area contributed by atoms with Crippen molar-refractivity contribution in [2.75, 3.05) is 26.2 Å². The number of methoxy groups -OCH3 is 2. The van der Waals surface area contributed by atoms with Gasteiger partial charge in [0.25, 0.3) is 11.8 Å². The van der Waals surface area contributed by atoms with Crippen LogP contribution in [-0.4, -0.2) is 67.4 Å². The SMILES string of the molecule is COc1ccc(N2C(=O)[C@H](OC)[C@@H]2[C@H]2CC(O)C(=O)N2C)cc1. The minimum atomic E-state index is -1.02. The van der Waals surface area contributed by atoms with E-state index in [9.17, 15) is 14.7 Å². The summed E-state index contributed by atoms with van der Waals surface area (Å²) in [7, 11) is 4.70. The molecule has 2 aliphatic heterocycles. The number of β-lactam (4-membered cyclic amide) rings is 1. The van der Waals surface area contributed by atoms with E-state index in [0.717, 1.165) is 5.69 Å². The number of aliphatic hydroxyl groups excluding tert-OH is 1. The van der Waals surface area contributed by atoms with Gasteiger partial charge in [0.1, 0.15) is 11.9 Å². The van der Waals surface area contributed by atoms with Crippen molar-refractivity contribution in [3.8, 4) is 5.75 Å². The van der Waals surface area contributed by atoms with Gasteiger partial charge in [-0.05, 0) is 24.3 Å². The predicted molar refractivity (Wildman–Crippen MR) is 82.2 cm³/mol. The van der Waals surface area contributed by atoms with Crippen LogP contribution in [0.15, 0.2) is 24.3 Å². The Bertz CT molecular complexity index is 617. The number of likely N-dealkylation sites (tertiary alicyclic amines) is 1. The van der Waals surface area contributed by atoms with Crippen molar-refractivity contribution in [3.63, 3.8) is 0 Å². The molecule has 1 unspecified atom stereocenters. The Morgan fingerprint density at radius 1 is 1.13 bits per heavy atom. The first kappa shape index (κ1) is 15.8. The Balaban J connectivity index is 1.89. The molecule has 0 saturated carbocycles. The summed E-state index contributed by atoms with van der Waals surface area (Å²) >= 11 is 0. The van der Waals surface area contributed by atoms with Gasteiger partial charge >= 0.3 is 0 Å². The topological polar surface area (TPSA) is 79.3 Å². The number of rotatable bonds is 4. The highest BCUT2D eigenvalue weighted by molar-refractivity contribution is 6.05. The lowest BCUT2D eigenvalue weighted by atomic mass is 9.88. The van der Waals surface area contributed by atoms with Crippen LogP contribution in [0, 0.1) is 0 Å². The highest BCUT2D eigenvalue weighted by Crippen LogP contribution is 2.37. The molecule has 2 saturated heterocycles. The predicted octanol–water partition coefficient (Wildman–Crippen LogP) is 0.0170. The lowest BCUT2D eigenvalue weighted by Gasteiger charge is -2.50. The largest absolute Gasteiger partial charge is 0.497 e. The van der Waals surface area contributed by atoms with E-state index in [-0.39, 0.29) is 23.9 Å². The molecule has 23 heavy (non-hydrogen) atoms. The first-order valence-corrected chi connectivity index (χ1v) is 7.44. The summed E-state index contributed by atoms with van der Waals surface area (Å²) in [6, 6.07) is 6.55. The van der Waals surface area contributed by atoms with Crippen LogP contribution in [0.4, 0.5) is 5.69 Å². The number of nitrogens with zero attached hydrogens (tertiary/aromatic N) is 2. The molecular formula is C16H20N2O5. The molecule has 0 radical (unpaired) electrons. The molecule has 2 aliphatic rings. The first-order chi connectivity index (χ1) is 11.0.